The zero-order valence-corrected chi connectivity index (χ0v) is 19.1. The minimum absolute atomic E-state index is 0.0591. The Morgan fingerprint density at radius 2 is 1.76 bits per heavy atom. The number of nitrogens with zero attached hydrogens (tertiary/aromatic N) is 3. The van der Waals surface area contributed by atoms with E-state index >= 15 is 0 Å². The third-order valence-electron chi connectivity index (χ3n) is 4.63. The Balaban J connectivity index is 1.56. The van der Waals surface area contributed by atoms with Gasteiger partial charge in [0, 0.05) is 0 Å². The molecule has 0 aliphatic heterocycles. The molecule has 29 heavy (non-hydrogen) atoms. The van der Waals surface area contributed by atoms with E-state index in [-0.39, 0.29) is 5.69 Å². The molecule has 0 fully saturated rings. The zero-order valence-electron chi connectivity index (χ0n) is 15.9. The van der Waals surface area contributed by atoms with Crippen molar-refractivity contribution in [3.8, 4) is 17.2 Å². The first-order valence-corrected chi connectivity index (χ1v) is 10.5. The van der Waals surface area contributed by atoms with E-state index in [2.05, 4.69) is 4.98 Å². The molecule has 2 aromatic heterocycles. The quantitative estimate of drug-likeness (QED) is 0.332. The van der Waals surface area contributed by atoms with Gasteiger partial charge in [0.15, 0.2) is 0 Å². The molecule has 0 aliphatic rings. The van der Waals surface area contributed by atoms with Gasteiger partial charge in [-0.3, -0.25) is 0 Å². The summed E-state index contributed by atoms with van der Waals surface area (Å²) in [4.78, 5) is 16.2. The standard InChI is InChI=1S/C21H19AsClN3O3/c1-25-17-9-16(22)19(10-18(17)26(2)21(25)27)29-15-5-3-4-14(8-15)28-12-13-6-7-20(23)24-11-13/h3-11H,12,22H2,1-2H3. The molecule has 0 aliphatic carbocycles. The van der Waals surface area contributed by atoms with Crippen LogP contribution in [-0.2, 0) is 20.7 Å². The van der Waals surface area contributed by atoms with Gasteiger partial charge in [-0.05, 0) is 0 Å². The summed E-state index contributed by atoms with van der Waals surface area (Å²) in [6.07, 6.45) is 1.69. The summed E-state index contributed by atoms with van der Waals surface area (Å²) in [5.41, 5.74) is 2.58. The molecule has 6 nitrogen and oxygen atoms in total. The molecule has 1 atom stereocenters. The molecule has 0 N–H and O–H groups in total. The first-order chi connectivity index (χ1) is 13.9. The van der Waals surface area contributed by atoms with Crippen LogP contribution in [0.15, 0.2) is 59.5 Å². The molecule has 4 rings (SSSR count). The van der Waals surface area contributed by atoms with Crippen molar-refractivity contribution in [2.75, 3.05) is 0 Å². The summed E-state index contributed by atoms with van der Waals surface area (Å²) in [5, 5.41) is 0.453. The molecule has 4 aromatic rings. The van der Waals surface area contributed by atoms with Crippen molar-refractivity contribution >= 4 is 43.8 Å². The molecule has 1 unspecified atom stereocenters. The number of pyridine rings is 1. The normalized spacial score (nSPS) is 11.0. The van der Waals surface area contributed by atoms with E-state index in [1.165, 1.54) is 16.9 Å². The molecular formula is C21H19AsClN3O3. The Labute approximate surface area is 181 Å². The second-order valence-corrected chi connectivity index (χ2v) is 8.33. The molecule has 0 saturated carbocycles. The monoisotopic (exact) mass is 471 g/mol. The number of fused-ring (bicyclic) bond motifs is 1. The van der Waals surface area contributed by atoms with Crippen molar-refractivity contribution < 1.29 is 9.47 Å². The fraction of sp³-hybridized carbons (Fsp3) is 0.143. The van der Waals surface area contributed by atoms with E-state index in [1.807, 2.05) is 42.5 Å². The number of imidazole rings is 1. The number of hydrogen-bond donors (Lipinski definition) is 0. The van der Waals surface area contributed by atoms with Gasteiger partial charge in [0.05, 0.1) is 0 Å². The number of rotatable bonds is 5. The predicted octanol–water partition coefficient (Wildman–Crippen LogP) is 2.56. The average molecular weight is 472 g/mol. The van der Waals surface area contributed by atoms with Crippen LogP contribution < -0.4 is 19.5 Å². The van der Waals surface area contributed by atoms with Gasteiger partial charge in [0.1, 0.15) is 0 Å². The van der Waals surface area contributed by atoms with E-state index in [1.54, 1.807) is 35.5 Å². The summed E-state index contributed by atoms with van der Waals surface area (Å²) in [6, 6.07) is 15.0. The second kappa shape index (κ2) is 7.97. The van der Waals surface area contributed by atoms with Gasteiger partial charge >= 0.3 is 170 Å². The fourth-order valence-electron chi connectivity index (χ4n) is 3.04. The average Bonchev–Trinajstić information content (AvgIpc) is 2.92. The molecule has 0 amide bonds. The molecule has 148 valence electrons. The predicted molar refractivity (Wildman–Crippen MR) is 116 cm³/mol. The maximum absolute atomic E-state index is 12.2. The van der Waals surface area contributed by atoms with E-state index in [9.17, 15) is 4.79 Å². The Kier molecular flexibility index (Phi) is 5.39. The summed E-state index contributed by atoms with van der Waals surface area (Å²) in [5.74, 6) is 2.07. The molecule has 0 bridgehead atoms. The molecule has 0 radical (unpaired) electrons. The number of halogens is 1. The van der Waals surface area contributed by atoms with Crippen LogP contribution in [0.2, 0.25) is 5.15 Å². The molecule has 8 heteroatoms. The van der Waals surface area contributed by atoms with Crippen molar-refractivity contribution in [3.05, 3.63) is 75.9 Å². The van der Waals surface area contributed by atoms with Crippen molar-refractivity contribution in [3.63, 3.8) is 0 Å². The second-order valence-electron chi connectivity index (χ2n) is 6.63. The van der Waals surface area contributed by atoms with Gasteiger partial charge in [-0.15, -0.1) is 0 Å². The Morgan fingerprint density at radius 1 is 1.03 bits per heavy atom. The maximum atomic E-state index is 12.2. The zero-order chi connectivity index (χ0) is 20.5. The van der Waals surface area contributed by atoms with E-state index in [4.69, 9.17) is 21.1 Å². The van der Waals surface area contributed by atoms with Crippen molar-refractivity contribution in [1.82, 2.24) is 14.1 Å². The van der Waals surface area contributed by atoms with Crippen LogP contribution in [0.3, 0.4) is 0 Å². The van der Waals surface area contributed by atoms with Crippen LogP contribution >= 0.6 is 11.6 Å². The Hall–Kier alpha value is -2.69. The van der Waals surface area contributed by atoms with Crippen molar-refractivity contribution in [1.29, 1.82) is 0 Å². The van der Waals surface area contributed by atoms with Gasteiger partial charge in [0.25, 0.3) is 0 Å². The Bertz CT molecular complexity index is 1250. The first kappa shape index (κ1) is 19.6. The van der Waals surface area contributed by atoms with Crippen LogP contribution in [0.1, 0.15) is 5.56 Å². The van der Waals surface area contributed by atoms with E-state index < -0.39 is 0 Å². The Morgan fingerprint density at radius 3 is 2.48 bits per heavy atom. The molecule has 0 saturated heterocycles. The van der Waals surface area contributed by atoms with Gasteiger partial charge in [0.2, 0.25) is 0 Å². The first-order valence-electron chi connectivity index (χ1n) is 8.88. The van der Waals surface area contributed by atoms with Gasteiger partial charge in [-0.1, -0.05) is 11.6 Å². The summed E-state index contributed by atoms with van der Waals surface area (Å²) in [6.45, 7) is 0.383. The third kappa shape index (κ3) is 4.04. The number of ether oxygens (including phenoxy) is 2. The molecular weight excluding hydrogens is 453 g/mol. The fourth-order valence-corrected chi connectivity index (χ4v) is 3.79. The van der Waals surface area contributed by atoms with E-state index in [0.29, 0.717) is 23.3 Å². The number of hydrogen-bond acceptors (Lipinski definition) is 4. The summed E-state index contributed by atoms with van der Waals surface area (Å²) < 4.78 is 16.2. The third-order valence-corrected chi connectivity index (χ3v) is 5.80. The van der Waals surface area contributed by atoms with Gasteiger partial charge in [-0.2, -0.15) is 0 Å². The topological polar surface area (TPSA) is 58.3 Å². The van der Waals surface area contributed by atoms with Crippen LogP contribution in [0, 0.1) is 0 Å². The van der Waals surface area contributed by atoms with Gasteiger partial charge < -0.3 is 0 Å². The number of benzene rings is 2. The van der Waals surface area contributed by atoms with Crippen molar-refractivity contribution in [2.45, 2.75) is 6.61 Å². The number of aromatic nitrogens is 3. The summed E-state index contributed by atoms with van der Waals surface area (Å²) in [7, 11) is 3.53. The summed E-state index contributed by atoms with van der Waals surface area (Å²) >= 11 is 7.24. The SMILES string of the molecule is Cn1c(=O)n(C)c2cc(Oc3cccc(OCc4ccc(Cl)nc4)c3)c([AsH2])cc21. The van der Waals surface area contributed by atoms with Gasteiger partial charge in [-0.25, -0.2) is 0 Å². The van der Waals surface area contributed by atoms with Crippen molar-refractivity contribution in [2.24, 2.45) is 14.1 Å². The number of aryl methyl sites for hydroxylation is 2. The van der Waals surface area contributed by atoms with Crippen LogP contribution in [0.4, 0.5) is 0 Å². The minimum atomic E-state index is -0.0591. The molecule has 2 aromatic carbocycles. The van der Waals surface area contributed by atoms with Crippen LogP contribution in [-0.4, -0.2) is 31.0 Å². The molecule has 2 heterocycles. The van der Waals surface area contributed by atoms with Crippen LogP contribution in [0.5, 0.6) is 17.2 Å². The van der Waals surface area contributed by atoms with E-state index in [0.717, 1.165) is 26.7 Å². The van der Waals surface area contributed by atoms with Crippen LogP contribution in [0.25, 0.3) is 11.0 Å². The molecule has 0 spiro atoms.